The fraction of sp³-hybridized carbons (Fsp3) is 0.722. The number of rotatable bonds is 12. The van der Waals surface area contributed by atoms with Crippen molar-refractivity contribution in [1.29, 1.82) is 0 Å². The predicted molar refractivity (Wildman–Crippen MR) is 180 cm³/mol. The molecule has 0 radical (unpaired) electrons. The Labute approximate surface area is 291 Å². The third kappa shape index (κ3) is 7.40. The van der Waals surface area contributed by atoms with E-state index in [1.54, 1.807) is 6.07 Å². The van der Waals surface area contributed by atoms with Gasteiger partial charge < -0.3 is 40.9 Å². The van der Waals surface area contributed by atoms with Crippen molar-refractivity contribution in [3.8, 4) is 0 Å². The number of nitrogens with one attached hydrogen (secondary N) is 1. The minimum atomic E-state index is -1.18. The van der Waals surface area contributed by atoms with Crippen LogP contribution in [-0.2, 0) is 28.7 Å². The molecule has 4 aliphatic rings. The van der Waals surface area contributed by atoms with Gasteiger partial charge in [-0.15, -0.1) is 0 Å². The van der Waals surface area contributed by atoms with Gasteiger partial charge in [0.25, 0.3) is 0 Å². The Hall–Kier alpha value is -3.94. The van der Waals surface area contributed by atoms with Gasteiger partial charge in [-0.3, -0.25) is 19.4 Å². The Kier molecular flexibility index (Phi) is 11.0. The number of nitrogens with zero attached hydrogens (tertiary/aromatic N) is 1. The summed E-state index contributed by atoms with van der Waals surface area (Å²) in [4.78, 5) is 64.6. The zero-order valence-corrected chi connectivity index (χ0v) is 29.2. The highest BCUT2D eigenvalue weighted by molar-refractivity contribution is 5.85. The number of guanidine groups is 1. The lowest BCUT2D eigenvalue weighted by atomic mass is 9.43. The number of esters is 2. The molecule has 0 aromatic carbocycles. The maximum atomic E-state index is 12.8. The molecule has 0 unspecified atom stereocenters. The van der Waals surface area contributed by atoms with Crippen molar-refractivity contribution < 1.29 is 43.3 Å². The molecule has 50 heavy (non-hydrogen) atoms. The third-order valence-corrected chi connectivity index (χ3v) is 12.6. The molecule has 5 rings (SSSR count). The van der Waals surface area contributed by atoms with E-state index in [4.69, 9.17) is 25.4 Å². The van der Waals surface area contributed by atoms with E-state index in [1.807, 2.05) is 0 Å². The van der Waals surface area contributed by atoms with Crippen molar-refractivity contribution in [3.63, 3.8) is 0 Å². The summed E-state index contributed by atoms with van der Waals surface area (Å²) in [6, 6.07) is 1.97. The highest BCUT2D eigenvalue weighted by Crippen LogP contribution is 2.71. The van der Waals surface area contributed by atoms with Gasteiger partial charge in [-0.1, -0.05) is 13.8 Å². The number of carbonyl (C=O) groups excluding carboxylic acids is 3. The molecule has 0 saturated heterocycles. The van der Waals surface area contributed by atoms with Crippen LogP contribution in [0.3, 0.4) is 0 Å². The molecular weight excluding hydrogens is 648 g/mol. The number of amides is 1. The Morgan fingerprint density at radius 2 is 1.82 bits per heavy atom. The van der Waals surface area contributed by atoms with Gasteiger partial charge in [-0.2, -0.15) is 0 Å². The molecule has 0 spiro atoms. The first-order valence-corrected chi connectivity index (χ1v) is 17.8. The number of hydrogen-bond donors (Lipinski definition) is 5. The second-order valence-electron chi connectivity index (χ2n) is 15.4. The molecule has 7 N–H and O–H groups in total. The van der Waals surface area contributed by atoms with Crippen LogP contribution < -0.4 is 22.4 Å². The maximum absolute atomic E-state index is 12.8. The number of aliphatic carboxylic acids is 1. The van der Waals surface area contributed by atoms with Crippen molar-refractivity contribution in [2.45, 2.75) is 128 Å². The zero-order chi connectivity index (χ0) is 36.4. The van der Waals surface area contributed by atoms with Gasteiger partial charge in [-0.25, -0.2) is 9.59 Å². The van der Waals surface area contributed by atoms with E-state index in [1.165, 1.54) is 19.3 Å². The summed E-state index contributed by atoms with van der Waals surface area (Å²) < 4.78 is 16.9. The number of hydrogen-bond acceptors (Lipinski definition) is 10. The predicted octanol–water partition coefficient (Wildman–Crippen LogP) is 2.74. The summed E-state index contributed by atoms with van der Waals surface area (Å²) in [5.74, 6) is -2.54. The van der Waals surface area contributed by atoms with Crippen molar-refractivity contribution in [2.24, 2.45) is 45.0 Å². The minimum absolute atomic E-state index is 0.0138. The Morgan fingerprint density at radius 1 is 1.06 bits per heavy atom. The molecule has 1 heterocycles. The van der Waals surface area contributed by atoms with E-state index in [0.29, 0.717) is 32.1 Å². The van der Waals surface area contributed by atoms with E-state index in [9.17, 15) is 34.2 Å². The van der Waals surface area contributed by atoms with Crippen LogP contribution in [0.4, 0.5) is 0 Å². The van der Waals surface area contributed by atoms with Gasteiger partial charge >= 0.3 is 23.5 Å². The monoisotopic (exact) mass is 700 g/mol. The average Bonchev–Trinajstić information content (AvgIpc) is 3.27. The van der Waals surface area contributed by atoms with Crippen LogP contribution in [0.15, 0.2) is 32.6 Å². The van der Waals surface area contributed by atoms with Gasteiger partial charge in [0.2, 0.25) is 5.91 Å². The number of carboxylic acid groups (broad SMARTS) is 1. The molecule has 10 atom stereocenters. The van der Waals surface area contributed by atoms with E-state index in [0.717, 1.165) is 31.2 Å². The number of carboxylic acids is 1. The molecule has 4 aliphatic carbocycles. The van der Waals surface area contributed by atoms with Crippen molar-refractivity contribution in [2.75, 3.05) is 6.54 Å². The lowest BCUT2D eigenvalue weighted by Crippen LogP contribution is -2.62. The van der Waals surface area contributed by atoms with Crippen LogP contribution in [0.1, 0.15) is 109 Å². The van der Waals surface area contributed by atoms with Crippen LogP contribution in [0.5, 0.6) is 0 Å². The Bertz CT molecular complexity index is 1520. The van der Waals surface area contributed by atoms with E-state index >= 15 is 0 Å². The highest BCUT2D eigenvalue weighted by Gasteiger charge is 2.70. The zero-order valence-electron chi connectivity index (χ0n) is 29.2. The van der Waals surface area contributed by atoms with Crippen LogP contribution in [0.25, 0.3) is 0 Å². The van der Waals surface area contributed by atoms with Crippen molar-refractivity contribution in [1.82, 2.24) is 5.32 Å². The van der Waals surface area contributed by atoms with Crippen molar-refractivity contribution >= 4 is 29.8 Å². The molecule has 1 amide bonds. The van der Waals surface area contributed by atoms with E-state index < -0.39 is 52.6 Å². The summed E-state index contributed by atoms with van der Waals surface area (Å²) in [5, 5.41) is 24.7. The van der Waals surface area contributed by atoms with Crippen LogP contribution in [-0.4, -0.2) is 70.4 Å². The summed E-state index contributed by atoms with van der Waals surface area (Å²) in [6.07, 6.45) is 6.53. The normalized spacial score (nSPS) is 35.0. The van der Waals surface area contributed by atoms with E-state index in [2.05, 4.69) is 24.2 Å². The van der Waals surface area contributed by atoms with Gasteiger partial charge in [0.1, 0.15) is 18.2 Å². The fourth-order valence-electron chi connectivity index (χ4n) is 10.2. The lowest BCUT2D eigenvalue weighted by molar-refractivity contribution is -0.207. The van der Waals surface area contributed by atoms with Gasteiger partial charge in [0.05, 0.1) is 18.3 Å². The third-order valence-electron chi connectivity index (χ3n) is 12.6. The molecule has 14 nitrogen and oxygen atoms in total. The minimum Gasteiger partial charge on any atom is -0.480 e. The first-order chi connectivity index (χ1) is 23.6. The highest BCUT2D eigenvalue weighted by atomic mass is 16.5. The molecule has 1 aromatic rings. The van der Waals surface area contributed by atoms with E-state index in [-0.39, 0.29) is 67.0 Å². The summed E-state index contributed by atoms with van der Waals surface area (Å²) in [7, 11) is 0. The number of aliphatic imine (C=N–C) groups is 1. The topological polar surface area (TPSA) is 234 Å². The number of aliphatic hydroxyl groups is 1. The molecule has 276 valence electrons. The smallest absolute Gasteiger partial charge is 0.335 e. The first kappa shape index (κ1) is 37.3. The van der Waals surface area contributed by atoms with Crippen LogP contribution in [0, 0.1) is 28.6 Å². The number of fused-ring (bicyclic) bond motifs is 5. The largest absolute Gasteiger partial charge is 0.480 e. The number of ether oxygens (including phenoxy) is 2. The molecule has 0 bridgehead atoms. The second kappa shape index (κ2) is 14.7. The van der Waals surface area contributed by atoms with Gasteiger partial charge in [-0.05, 0) is 92.6 Å². The number of nitrogens with two attached hydrogens (primary N) is 2. The average molecular weight is 701 g/mol. The maximum Gasteiger partial charge on any atom is 0.335 e. The second-order valence-corrected chi connectivity index (χ2v) is 15.4. The lowest BCUT2D eigenvalue weighted by Gasteiger charge is -2.63. The first-order valence-electron chi connectivity index (χ1n) is 17.8. The summed E-state index contributed by atoms with van der Waals surface area (Å²) in [5.41, 5.74) is 9.07. The molecule has 1 aromatic heterocycles. The van der Waals surface area contributed by atoms with Gasteiger partial charge in [0, 0.05) is 43.7 Å². The molecule has 4 fully saturated rings. The molecule has 14 heteroatoms. The van der Waals surface area contributed by atoms with Crippen LogP contribution in [0.2, 0.25) is 0 Å². The molecule has 0 aliphatic heterocycles. The number of carbonyl (C=O) groups is 4. The fourth-order valence-corrected chi connectivity index (χ4v) is 10.2. The standard InChI is InChI=1S/C36H52N4O10/c1-20(41)49-27-18-36(47)25-8-7-22-17-23(50-30(44)11-9-28(42)40-26(32(45)46)5-4-16-39-33(37)38)12-14-34(22,2)24(25)13-15-35(36,3)31(27)21-6-10-29(43)48-19-21/h6,10,19,22-27,31,47H,4-5,7-9,11-18H2,1-3H3,(H,40,42)(H,45,46)(H4,37,38,39)/t22-,23-,24+,25-,26+,27-,31+,34-,35-,36-/m1/s1. The summed E-state index contributed by atoms with van der Waals surface area (Å²) >= 11 is 0. The van der Waals surface area contributed by atoms with Crippen LogP contribution >= 0.6 is 0 Å². The summed E-state index contributed by atoms with van der Waals surface area (Å²) in [6.45, 7) is 6.01. The SMILES string of the molecule is CC(=O)O[C@@H]1C[C@@]2(O)[C@@H]3CC[C@@H]4C[C@H](OC(=O)CCC(=O)N[C@@H](CCCN=C(N)N)C(=O)O)CC[C@@]4(C)[C@H]3CC[C@]2(C)[C@H]1c1ccc(=O)oc1. The Balaban J connectivity index is 1.18. The molecular formula is C36H52N4O10. The van der Waals surface area contributed by atoms with Crippen molar-refractivity contribution in [3.05, 3.63) is 34.4 Å². The molecule has 4 saturated carbocycles. The quantitative estimate of drug-likeness (QED) is 0.0917. The Morgan fingerprint density at radius 3 is 2.48 bits per heavy atom. The van der Waals surface area contributed by atoms with Gasteiger partial charge in [0.15, 0.2) is 5.96 Å².